The molecule has 1 amide bonds. The molecule has 0 saturated carbocycles. The van der Waals surface area contributed by atoms with E-state index in [0.29, 0.717) is 24.0 Å². The Morgan fingerprint density at radius 3 is 2.42 bits per heavy atom. The molecule has 1 aromatic rings. The first-order chi connectivity index (χ1) is 11.1. The molecule has 2 aliphatic rings. The predicted octanol–water partition coefficient (Wildman–Crippen LogP) is 3.88. The molecule has 2 atom stereocenters. The van der Waals surface area contributed by atoms with Crippen LogP contribution < -0.4 is 0 Å². The maximum absolute atomic E-state index is 13.9. The van der Waals surface area contributed by atoms with Gasteiger partial charge in [-0.1, -0.05) is 12.1 Å². The fraction of sp³-hybridized carbons (Fsp3) is 0.632. The average molecular weight is 335 g/mol. The highest BCUT2D eigenvalue weighted by Crippen LogP contribution is 2.47. The minimum absolute atomic E-state index is 0.0636. The lowest BCUT2D eigenvalue weighted by molar-refractivity contribution is -0.0628. The van der Waals surface area contributed by atoms with Crippen molar-refractivity contribution >= 4 is 6.09 Å². The lowest BCUT2D eigenvalue weighted by Gasteiger charge is -2.44. The Kier molecular flexibility index (Phi) is 4.11. The molecular formula is C19H26FNO3. The zero-order chi connectivity index (χ0) is 17.7. The van der Waals surface area contributed by atoms with Crippen molar-refractivity contribution in [3.8, 4) is 0 Å². The topological polar surface area (TPSA) is 49.8 Å². The summed E-state index contributed by atoms with van der Waals surface area (Å²) in [5.74, 6) is -0.303. The third kappa shape index (κ3) is 3.02. The van der Waals surface area contributed by atoms with Crippen LogP contribution in [-0.4, -0.2) is 33.8 Å². The van der Waals surface area contributed by atoms with Gasteiger partial charge in [-0.3, -0.25) is 0 Å². The minimum Gasteiger partial charge on any atom is -0.444 e. The summed E-state index contributed by atoms with van der Waals surface area (Å²) in [6.45, 7) is 7.25. The van der Waals surface area contributed by atoms with Gasteiger partial charge in [-0.15, -0.1) is 0 Å². The van der Waals surface area contributed by atoms with Crippen molar-refractivity contribution in [2.45, 2.75) is 76.7 Å². The van der Waals surface area contributed by atoms with E-state index in [4.69, 9.17) is 4.74 Å². The van der Waals surface area contributed by atoms with Gasteiger partial charge in [0, 0.05) is 24.9 Å². The predicted molar refractivity (Wildman–Crippen MR) is 89.2 cm³/mol. The number of nitrogens with zero attached hydrogens (tertiary/aromatic N) is 1. The number of ether oxygens (including phenoxy) is 1. The Labute approximate surface area is 142 Å². The summed E-state index contributed by atoms with van der Waals surface area (Å²) in [5.41, 5.74) is -0.492. The normalized spacial score (nSPS) is 29.7. The van der Waals surface area contributed by atoms with E-state index in [2.05, 4.69) is 0 Å². The number of hydrogen-bond donors (Lipinski definition) is 1. The van der Waals surface area contributed by atoms with Crippen LogP contribution in [0.3, 0.4) is 0 Å². The molecule has 0 aromatic heterocycles. The molecule has 0 radical (unpaired) electrons. The highest BCUT2D eigenvalue weighted by Gasteiger charge is 2.51. The lowest BCUT2D eigenvalue weighted by Crippen LogP contribution is -2.53. The monoisotopic (exact) mass is 335 g/mol. The number of piperidine rings is 1. The number of aliphatic hydroxyl groups is 1. The molecule has 2 bridgehead atoms. The van der Waals surface area contributed by atoms with Crippen molar-refractivity contribution in [3.63, 3.8) is 0 Å². The van der Waals surface area contributed by atoms with Gasteiger partial charge >= 0.3 is 6.09 Å². The van der Waals surface area contributed by atoms with Crippen molar-refractivity contribution in [1.29, 1.82) is 0 Å². The second-order valence-corrected chi connectivity index (χ2v) is 8.12. The first kappa shape index (κ1) is 17.2. The van der Waals surface area contributed by atoms with Crippen molar-refractivity contribution in [2.75, 3.05) is 0 Å². The van der Waals surface area contributed by atoms with Crippen LogP contribution >= 0.6 is 0 Å². The number of hydrogen-bond acceptors (Lipinski definition) is 3. The summed E-state index contributed by atoms with van der Waals surface area (Å²) in [5, 5.41) is 11.2. The smallest absolute Gasteiger partial charge is 0.410 e. The van der Waals surface area contributed by atoms with E-state index in [9.17, 15) is 14.3 Å². The molecule has 4 nitrogen and oxygen atoms in total. The van der Waals surface area contributed by atoms with Gasteiger partial charge in [-0.05, 0) is 57.7 Å². The fourth-order valence-corrected chi connectivity index (χ4v) is 4.17. The second-order valence-electron chi connectivity index (χ2n) is 8.12. The van der Waals surface area contributed by atoms with E-state index < -0.39 is 11.2 Å². The molecule has 3 rings (SSSR count). The van der Waals surface area contributed by atoms with Crippen LogP contribution in [0.2, 0.25) is 0 Å². The number of fused-ring (bicyclic) bond motifs is 2. The SMILES string of the molecule is Cc1c(F)cccc1C1(O)CC2CCC(C1)N2C(=O)OC(C)(C)C. The largest absolute Gasteiger partial charge is 0.444 e. The van der Waals surface area contributed by atoms with Crippen LogP contribution in [0.15, 0.2) is 18.2 Å². The molecule has 24 heavy (non-hydrogen) atoms. The Balaban J connectivity index is 1.84. The van der Waals surface area contributed by atoms with Crippen LogP contribution in [0.1, 0.15) is 57.6 Å². The van der Waals surface area contributed by atoms with Gasteiger partial charge in [-0.25, -0.2) is 9.18 Å². The molecule has 2 fully saturated rings. The second kappa shape index (κ2) is 5.73. The van der Waals surface area contributed by atoms with Gasteiger partial charge in [0.2, 0.25) is 0 Å². The van der Waals surface area contributed by atoms with E-state index in [-0.39, 0.29) is 24.0 Å². The van der Waals surface area contributed by atoms with Crippen LogP contribution in [0.5, 0.6) is 0 Å². The highest BCUT2D eigenvalue weighted by atomic mass is 19.1. The van der Waals surface area contributed by atoms with Gasteiger partial charge in [0.15, 0.2) is 0 Å². The molecule has 0 aliphatic carbocycles. The third-order valence-electron chi connectivity index (χ3n) is 5.14. The molecular weight excluding hydrogens is 309 g/mol. The van der Waals surface area contributed by atoms with Crippen molar-refractivity contribution < 1.29 is 19.0 Å². The molecule has 2 saturated heterocycles. The summed E-state index contributed by atoms with van der Waals surface area (Å²) in [6.07, 6.45) is 2.23. The molecule has 132 valence electrons. The van der Waals surface area contributed by atoms with E-state index in [0.717, 1.165) is 12.8 Å². The molecule has 2 heterocycles. The maximum Gasteiger partial charge on any atom is 0.410 e. The number of benzene rings is 1. The van der Waals surface area contributed by atoms with Crippen LogP contribution in [0.4, 0.5) is 9.18 Å². The molecule has 2 unspecified atom stereocenters. The fourth-order valence-electron chi connectivity index (χ4n) is 4.17. The van der Waals surface area contributed by atoms with E-state index in [1.54, 1.807) is 24.0 Å². The summed E-state index contributed by atoms with van der Waals surface area (Å²) >= 11 is 0. The average Bonchev–Trinajstić information content (AvgIpc) is 2.73. The lowest BCUT2D eigenvalue weighted by atomic mass is 9.79. The van der Waals surface area contributed by atoms with Gasteiger partial charge in [0.25, 0.3) is 0 Å². The van der Waals surface area contributed by atoms with Gasteiger partial charge in [-0.2, -0.15) is 0 Å². The zero-order valence-corrected chi connectivity index (χ0v) is 14.8. The minimum atomic E-state index is -1.09. The van der Waals surface area contributed by atoms with Gasteiger partial charge in [0.05, 0.1) is 5.60 Å². The summed E-state index contributed by atoms with van der Waals surface area (Å²) in [6, 6.07) is 4.71. The Hall–Kier alpha value is -1.62. The molecule has 5 heteroatoms. The Morgan fingerprint density at radius 2 is 1.88 bits per heavy atom. The molecule has 0 spiro atoms. The third-order valence-corrected chi connectivity index (χ3v) is 5.14. The maximum atomic E-state index is 13.9. The zero-order valence-electron chi connectivity index (χ0n) is 14.8. The molecule has 1 N–H and O–H groups in total. The number of carbonyl (C=O) groups excluding carboxylic acids is 1. The van der Waals surface area contributed by atoms with Crippen LogP contribution in [0.25, 0.3) is 0 Å². The van der Waals surface area contributed by atoms with Crippen LogP contribution in [-0.2, 0) is 10.3 Å². The van der Waals surface area contributed by atoms with E-state index >= 15 is 0 Å². The number of amides is 1. The summed E-state index contributed by atoms with van der Waals surface area (Å²) < 4.78 is 19.4. The molecule has 1 aromatic carbocycles. The van der Waals surface area contributed by atoms with Crippen LogP contribution in [0, 0.1) is 12.7 Å². The first-order valence-electron chi connectivity index (χ1n) is 8.60. The number of carbonyl (C=O) groups is 1. The molecule has 2 aliphatic heterocycles. The number of rotatable bonds is 1. The van der Waals surface area contributed by atoms with E-state index in [1.165, 1.54) is 6.07 Å². The van der Waals surface area contributed by atoms with Gasteiger partial charge < -0.3 is 14.7 Å². The van der Waals surface area contributed by atoms with E-state index in [1.807, 2.05) is 20.8 Å². The summed E-state index contributed by atoms with van der Waals surface area (Å²) in [4.78, 5) is 14.3. The number of halogens is 1. The summed E-state index contributed by atoms with van der Waals surface area (Å²) in [7, 11) is 0. The van der Waals surface area contributed by atoms with Crippen molar-refractivity contribution in [3.05, 3.63) is 35.1 Å². The first-order valence-corrected chi connectivity index (χ1v) is 8.60. The van der Waals surface area contributed by atoms with Gasteiger partial charge in [0.1, 0.15) is 11.4 Å². The highest BCUT2D eigenvalue weighted by molar-refractivity contribution is 5.70. The van der Waals surface area contributed by atoms with Crippen molar-refractivity contribution in [1.82, 2.24) is 4.90 Å². The standard InChI is InChI=1S/C19H26FNO3/c1-12-15(6-5-7-16(12)20)19(23)10-13-8-9-14(11-19)21(13)17(22)24-18(2,3)4/h5-7,13-14,23H,8-11H2,1-4H3. The Bertz CT molecular complexity index is 639. The quantitative estimate of drug-likeness (QED) is 0.847. The Morgan fingerprint density at radius 1 is 1.29 bits per heavy atom. The van der Waals surface area contributed by atoms with Crippen molar-refractivity contribution in [2.24, 2.45) is 0 Å².